The number of H-pyrrole nitrogens is 1. The number of fused-ring (bicyclic) bond motifs is 1. The third-order valence-corrected chi connectivity index (χ3v) is 5.01. The van der Waals surface area contributed by atoms with Crippen LogP contribution in [0.5, 0.6) is 0 Å². The maximum absolute atomic E-state index is 12.8. The van der Waals surface area contributed by atoms with Crippen molar-refractivity contribution in [3.63, 3.8) is 0 Å². The van der Waals surface area contributed by atoms with Crippen molar-refractivity contribution in [3.05, 3.63) is 65.5 Å². The van der Waals surface area contributed by atoms with Gasteiger partial charge in [0.05, 0.1) is 23.2 Å². The minimum absolute atomic E-state index is 0.127. The molecule has 1 atom stereocenters. The van der Waals surface area contributed by atoms with E-state index in [1.54, 1.807) is 18.2 Å². The molecular formula is C20H21N3O3. The molecule has 4 N–H and O–H groups in total. The molecule has 4 rings (SSSR count). The summed E-state index contributed by atoms with van der Waals surface area (Å²) in [6.45, 7) is -0.170. The van der Waals surface area contributed by atoms with E-state index in [1.165, 1.54) is 0 Å². The van der Waals surface area contributed by atoms with Gasteiger partial charge in [-0.2, -0.15) is 0 Å². The number of aromatic nitrogens is 2. The van der Waals surface area contributed by atoms with Gasteiger partial charge in [0.2, 0.25) is 0 Å². The van der Waals surface area contributed by atoms with Crippen LogP contribution in [0.25, 0.3) is 11.0 Å². The Labute approximate surface area is 150 Å². The predicted molar refractivity (Wildman–Crippen MR) is 97.4 cm³/mol. The van der Waals surface area contributed by atoms with Gasteiger partial charge in [-0.3, -0.25) is 4.79 Å². The molecule has 2 aromatic carbocycles. The average molecular weight is 351 g/mol. The Kier molecular flexibility index (Phi) is 4.44. The molecule has 0 saturated heterocycles. The summed E-state index contributed by atoms with van der Waals surface area (Å²) in [4.78, 5) is 20.1. The lowest BCUT2D eigenvalue weighted by Crippen LogP contribution is -2.41. The fraction of sp³-hybridized carbons (Fsp3) is 0.300. The van der Waals surface area contributed by atoms with Crippen molar-refractivity contribution in [2.24, 2.45) is 5.92 Å². The quantitative estimate of drug-likeness (QED) is 0.567. The normalized spacial score (nSPS) is 20.5. The number of benzene rings is 2. The Bertz CT molecular complexity index is 916. The van der Waals surface area contributed by atoms with Crippen molar-refractivity contribution in [2.45, 2.75) is 31.6 Å². The summed E-state index contributed by atoms with van der Waals surface area (Å²) < 4.78 is 0. The number of nitrogens with zero attached hydrogens (tertiary/aromatic N) is 1. The molecule has 3 aromatic rings. The van der Waals surface area contributed by atoms with Crippen LogP contribution in [0.2, 0.25) is 0 Å². The number of carbonyl (C=O) groups is 1. The van der Waals surface area contributed by atoms with E-state index < -0.39 is 0 Å². The van der Waals surface area contributed by atoms with E-state index in [1.807, 2.05) is 30.3 Å². The van der Waals surface area contributed by atoms with E-state index in [4.69, 9.17) is 0 Å². The summed E-state index contributed by atoms with van der Waals surface area (Å²) in [6.07, 6.45) is 1.11. The summed E-state index contributed by atoms with van der Waals surface area (Å²) in [5.74, 6) is 0.540. The Morgan fingerprint density at radius 1 is 1.23 bits per heavy atom. The third kappa shape index (κ3) is 3.21. The number of amides is 1. The van der Waals surface area contributed by atoms with Crippen molar-refractivity contribution >= 4 is 16.9 Å². The second-order valence-corrected chi connectivity index (χ2v) is 6.82. The molecule has 1 aliphatic rings. The number of aliphatic hydroxyl groups excluding tert-OH is 2. The summed E-state index contributed by atoms with van der Waals surface area (Å²) in [5, 5.41) is 22.0. The number of aliphatic hydroxyl groups is 2. The molecule has 0 aliphatic heterocycles. The van der Waals surface area contributed by atoms with Crippen LogP contribution in [-0.4, -0.2) is 32.2 Å². The maximum atomic E-state index is 12.8. The zero-order valence-corrected chi connectivity index (χ0v) is 14.2. The zero-order valence-electron chi connectivity index (χ0n) is 14.2. The number of aromatic amines is 1. The van der Waals surface area contributed by atoms with Gasteiger partial charge in [0.1, 0.15) is 12.4 Å². The first-order valence-corrected chi connectivity index (χ1v) is 8.77. The number of imidazole rings is 1. The maximum Gasteiger partial charge on any atom is 0.251 e. The number of rotatable bonds is 5. The molecule has 134 valence electrons. The minimum atomic E-state index is -0.277. The van der Waals surface area contributed by atoms with Gasteiger partial charge in [0.25, 0.3) is 5.91 Å². The number of carbonyl (C=O) groups excluding carboxylic acids is 1. The van der Waals surface area contributed by atoms with Gasteiger partial charge in [-0.15, -0.1) is 0 Å². The fourth-order valence-corrected chi connectivity index (χ4v) is 3.54. The standard InChI is InChI=1S/C20H21N3O3/c24-11-18-21-16-7-6-13(10-17(16)22-18)20(26)23-19(14-8-15(25)9-14)12-4-2-1-3-5-12/h1-7,10,14-15,19,24-25H,8-9,11H2,(H,21,22)(H,23,26). The van der Waals surface area contributed by atoms with E-state index >= 15 is 0 Å². The topological polar surface area (TPSA) is 98.2 Å². The van der Waals surface area contributed by atoms with Gasteiger partial charge in [0.15, 0.2) is 0 Å². The van der Waals surface area contributed by atoms with E-state index in [9.17, 15) is 15.0 Å². The van der Waals surface area contributed by atoms with Gasteiger partial charge in [-0.1, -0.05) is 30.3 Å². The molecule has 1 amide bonds. The molecule has 1 heterocycles. The molecule has 6 nitrogen and oxygen atoms in total. The van der Waals surface area contributed by atoms with Crippen LogP contribution in [0.3, 0.4) is 0 Å². The molecule has 0 spiro atoms. The molecular weight excluding hydrogens is 330 g/mol. The molecule has 1 unspecified atom stereocenters. The monoisotopic (exact) mass is 351 g/mol. The highest BCUT2D eigenvalue weighted by molar-refractivity contribution is 5.97. The van der Waals surface area contributed by atoms with E-state index in [0.717, 1.165) is 11.1 Å². The second kappa shape index (κ2) is 6.90. The Morgan fingerprint density at radius 2 is 2.00 bits per heavy atom. The highest BCUT2D eigenvalue weighted by atomic mass is 16.3. The van der Waals surface area contributed by atoms with Crippen molar-refractivity contribution in [1.29, 1.82) is 0 Å². The van der Waals surface area contributed by atoms with Gasteiger partial charge >= 0.3 is 0 Å². The largest absolute Gasteiger partial charge is 0.393 e. The second-order valence-electron chi connectivity index (χ2n) is 6.82. The third-order valence-electron chi connectivity index (χ3n) is 5.01. The molecule has 26 heavy (non-hydrogen) atoms. The van der Waals surface area contributed by atoms with Crippen LogP contribution in [0.15, 0.2) is 48.5 Å². The van der Waals surface area contributed by atoms with E-state index in [-0.39, 0.29) is 30.6 Å². The average Bonchev–Trinajstić information content (AvgIpc) is 3.06. The van der Waals surface area contributed by atoms with Gasteiger partial charge < -0.3 is 20.5 Å². The Hall–Kier alpha value is -2.70. The number of hydrogen-bond acceptors (Lipinski definition) is 4. The number of hydrogen-bond donors (Lipinski definition) is 4. The lowest BCUT2D eigenvalue weighted by Gasteiger charge is -2.38. The van der Waals surface area contributed by atoms with Crippen LogP contribution in [0.1, 0.15) is 40.6 Å². The SMILES string of the molecule is O=C(NC(c1ccccc1)C1CC(O)C1)c1ccc2nc(CO)[nH]c2c1. The first-order valence-electron chi connectivity index (χ1n) is 8.77. The van der Waals surface area contributed by atoms with Crippen molar-refractivity contribution < 1.29 is 15.0 Å². The Morgan fingerprint density at radius 3 is 2.69 bits per heavy atom. The van der Waals surface area contributed by atoms with Crippen LogP contribution < -0.4 is 5.32 Å². The summed E-state index contributed by atoms with van der Waals surface area (Å²) >= 11 is 0. The van der Waals surface area contributed by atoms with Gasteiger partial charge in [0, 0.05) is 5.56 Å². The lowest BCUT2D eigenvalue weighted by atomic mass is 9.75. The first-order chi connectivity index (χ1) is 12.6. The summed E-state index contributed by atoms with van der Waals surface area (Å²) in [5.41, 5.74) is 3.01. The highest BCUT2D eigenvalue weighted by Gasteiger charge is 2.35. The predicted octanol–water partition coefficient (Wildman–Crippen LogP) is 2.30. The summed E-state index contributed by atoms with van der Waals surface area (Å²) in [6, 6.07) is 15.0. The van der Waals surface area contributed by atoms with Crippen molar-refractivity contribution in [3.8, 4) is 0 Å². The van der Waals surface area contributed by atoms with Crippen LogP contribution in [0, 0.1) is 5.92 Å². The molecule has 1 fully saturated rings. The van der Waals surface area contributed by atoms with Gasteiger partial charge in [-0.25, -0.2) is 4.98 Å². The molecule has 6 heteroatoms. The molecule has 1 aliphatic carbocycles. The number of nitrogens with one attached hydrogen (secondary N) is 2. The molecule has 0 radical (unpaired) electrons. The minimum Gasteiger partial charge on any atom is -0.393 e. The first kappa shape index (κ1) is 16.8. The van der Waals surface area contributed by atoms with Crippen molar-refractivity contribution in [2.75, 3.05) is 0 Å². The van der Waals surface area contributed by atoms with Crippen molar-refractivity contribution in [1.82, 2.24) is 15.3 Å². The lowest BCUT2D eigenvalue weighted by molar-refractivity contribution is 0.0235. The highest BCUT2D eigenvalue weighted by Crippen LogP contribution is 2.38. The van der Waals surface area contributed by atoms with Crippen LogP contribution in [-0.2, 0) is 6.61 Å². The fourth-order valence-electron chi connectivity index (χ4n) is 3.54. The summed E-state index contributed by atoms with van der Waals surface area (Å²) in [7, 11) is 0. The Balaban J connectivity index is 1.58. The van der Waals surface area contributed by atoms with Crippen LogP contribution >= 0.6 is 0 Å². The molecule has 0 bridgehead atoms. The van der Waals surface area contributed by atoms with Gasteiger partial charge in [-0.05, 0) is 42.5 Å². The van der Waals surface area contributed by atoms with Crippen LogP contribution in [0.4, 0.5) is 0 Å². The molecule has 1 aromatic heterocycles. The van der Waals surface area contributed by atoms with E-state index in [2.05, 4.69) is 15.3 Å². The smallest absolute Gasteiger partial charge is 0.251 e. The van der Waals surface area contributed by atoms with E-state index in [0.29, 0.717) is 29.7 Å². The zero-order chi connectivity index (χ0) is 18.1. The molecule has 1 saturated carbocycles.